The highest BCUT2D eigenvalue weighted by Gasteiger charge is 2.03. The van der Waals surface area contributed by atoms with Crippen molar-refractivity contribution in [3.05, 3.63) is 36.5 Å². The van der Waals surface area contributed by atoms with E-state index in [4.69, 9.17) is 10.4 Å². The van der Waals surface area contributed by atoms with Gasteiger partial charge in [-0.15, -0.1) is 0 Å². The van der Waals surface area contributed by atoms with Crippen LogP contribution in [-0.2, 0) is 9.68 Å². The van der Waals surface area contributed by atoms with Gasteiger partial charge in [0.05, 0.1) is 0 Å². The van der Waals surface area contributed by atoms with Gasteiger partial charge in [0, 0.05) is 6.42 Å². The normalized spacial score (nSPS) is 13.5. The lowest BCUT2D eigenvalue weighted by molar-refractivity contribution is -0.267. The molecule has 0 aromatic heterocycles. The summed E-state index contributed by atoms with van der Waals surface area (Å²) in [5, 5.41) is 17.4. The molecule has 0 amide bonds. The van der Waals surface area contributed by atoms with Gasteiger partial charge in [0.25, 0.3) is 0 Å². The molecule has 0 rings (SSSR count). The third-order valence-electron chi connectivity index (χ3n) is 3.26. The van der Waals surface area contributed by atoms with Crippen LogP contribution < -0.4 is 0 Å². The quantitative estimate of drug-likeness (QED) is 0.153. The molecule has 0 saturated carbocycles. The summed E-state index contributed by atoms with van der Waals surface area (Å²) >= 11 is 0. The fourth-order valence-corrected chi connectivity index (χ4v) is 2.02. The molecule has 126 valence electrons. The van der Waals surface area contributed by atoms with Crippen LogP contribution in [0.2, 0.25) is 0 Å². The molecular formula is C18H30O4. The van der Waals surface area contributed by atoms with Gasteiger partial charge in [-0.1, -0.05) is 69.1 Å². The zero-order chi connectivity index (χ0) is 16.5. The Labute approximate surface area is 134 Å². The first kappa shape index (κ1) is 20.6. The first-order valence-corrected chi connectivity index (χ1v) is 8.21. The Hall–Kier alpha value is -1.39. The van der Waals surface area contributed by atoms with Crippen molar-refractivity contribution in [3.8, 4) is 0 Å². The minimum atomic E-state index is -0.725. The summed E-state index contributed by atoms with van der Waals surface area (Å²) in [6.45, 7) is 2.11. The summed E-state index contributed by atoms with van der Waals surface area (Å²) in [5.74, 6) is -0.725. The average molecular weight is 310 g/mol. The van der Waals surface area contributed by atoms with Crippen LogP contribution in [0.15, 0.2) is 36.5 Å². The van der Waals surface area contributed by atoms with Crippen LogP contribution in [-0.4, -0.2) is 22.4 Å². The molecule has 0 aliphatic carbocycles. The Morgan fingerprint density at radius 1 is 1.05 bits per heavy atom. The lowest BCUT2D eigenvalue weighted by atomic mass is 10.1. The number of allylic oxidation sites excluding steroid dienone is 5. The van der Waals surface area contributed by atoms with Crippen molar-refractivity contribution in [1.82, 2.24) is 0 Å². The van der Waals surface area contributed by atoms with E-state index in [0.717, 1.165) is 51.4 Å². The molecule has 0 fully saturated rings. The number of rotatable bonds is 14. The molecule has 0 aliphatic rings. The van der Waals surface area contributed by atoms with Gasteiger partial charge in [-0.05, 0) is 25.7 Å². The van der Waals surface area contributed by atoms with E-state index in [1.54, 1.807) is 0 Å². The van der Waals surface area contributed by atoms with Crippen molar-refractivity contribution in [1.29, 1.82) is 0 Å². The Balaban J connectivity index is 3.65. The van der Waals surface area contributed by atoms with Gasteiger partial charge >= 0.3 is 5.97 Å². The summed E-state index contributed by atoms with van der Waals surface area (Å²) in [5.41, 5.74) is 0. The van der Waals surface area contributed by atoms with Gasteiger partial charge in [0.1, 0.15) is 6.10 Å². The van der Waals surface area contributed by atoms with Crippen molar-refractivity contribution < 1.29 is 20.0 Å². The number of carbonyl (C=O) groups is 1. The molecule has 0 spiro atoms. The highest BCUT2D eigenvalue weighted by Crippen LogP contribution is 2.11. The summed E-state index contributed by atoms with van der Waals surface area (Å²) < 4.78 is 0. The maximum atomic E-state index is 10.4. The summed E-state index contributed by atoms with van der Waals surface area (Å²) in [6, 6.07) is 0. The van der Waals surface area contributed by atoms with Gasteiger partial charge in [-0.3, -0.25) is 10.1 Å². The summed E-state index contributed by atoms with van der Waals surface area (Å²) in [7, 11) is 0. The van der Waals surface area contributed by atoms with Gasteiger partial charge < -0.3 is 5.11 Å². The standard InChI is InChI=1S/C18H30O4/c1-2-3-4-5-6-8-11-14-17(22-21)15-12-9-7-10-13-16-18(19)20/h3-4,6,8,11,14,17,21H,2,5,7,9-10,12-13,15-16H2,1H3,(H,19,20)/t17-/m0/s1. The molecule has 1 atom stereocenters. The topological polar surface area (TPSA) is 66.8 Å². The Morgan fingerprint density at radius 2 is 1.77 bits per heavy atom. The molecule has 2 N–H and O–H groups in total. The van der Waals surface area contributed by atoms with E-state index in [-0.39, 0.29) is 12.5 Å². The molecule has 0 heterocycles. The lowest BCUT2D eigenvalue weighted by Crippen LogP contribution is -2.06. The molecule has 4 heteroatoms. The maximum absolute atomic E-state index is 10.4. The van der Waals surface area contributed by atoms with E-state index in [1.807, 2.05) is 18.2 Å². The Kier molecular flexibility index (Phi) is 15.0. The maximum Gasteiger partial charge on any atom is 0.303 e. The number of aliphatic carboxylic acids is 1. The average Bonchev–Trinajstić information content (AvgIpc) is 2.50. The second kappa shape index (κ2) is 16.0. The van der Waals surface area contributed by atoms with E-state index in [1.165, 1.54) is 0 Å². The van der Waals surface area contributed by atoms with Crippen LogP contribution in [0.1, 0.15) is 64.7 Å². The SMILES string of the molecule is CCC=CCC=CC=C[C@@H](CCCCCCCC(=O)O)OO. The molecule has 0 saturated heterocycles. The highest BCUT2D eigenvalue weighted by molar-refractivity contribution is 5.66. The van der Waals surface area contributed by atoms with Crippen LogP contribution in [0.3, 0.4) is 0 Å². The molecule has 0 bridgehead atoms. The van der Waals surface area contributed by atoms with Crippen LogP contribution in [0.25, 0.3) is 0 Å². The molecule has 0 radical (unpaired) electrons. The zero-order valence-electron chi connectivity index (χ0n) is 13.6. The lowest BCUT2D eigenvalue weighted by Gasteiger charge is -2.08. The van der Waals surface area contributed by atoms with E-state index < -0.39 is 5.97 Å². The second-order valence-electron chi connectivity index (χ2n) is 5.27. The van der Waals surface area contributed by atoms with Gasteiger partial charge in [0.2, 0.25) is 0 Å². The van der Waals surface area contributed by atoms with E-state index >= 15 is 0 Å². The smallest absolute Gasteiger partial charge is 0.303 e. The summed E-state index contributed by atoms with van der Waals surface area (Å²) in [4.78, 5) is 14.8. The summed E-state index contributed by atoms with van der Waals surface area (Å²) in [6.07, 6.45) is 19.5. The first-order valence-electron chi connectivity index (χ1n) is 8.21. The predicted octanol–water partition coefficient (Wildman–Crippen LogP) is 5.13. The highest BCUT2D eigenvalue weighted by atomic mass is 17.1. The van der Waals surface area contributed by atoms with Crippen molar-refractivity contribution in [2.75, 3.05) is 0 Å². The molecule has 0 aromatic rings. The largest absolute Gasteiger partial charge is 0.481 e. The van der Waals surface area contributed by atoms with Crippen LogP contribution in [0.4, 0.5) is 0 Å². The number of carboxylic acid groups (broad SMARTS) is 1. The van der Waals surface area contributed by atoms with Crippen molar-refractivity contribution >= 4 is 5.97 Å². The van der Waals surface area contributed by atoms with Gasteiger partial charge in [0.15, 0.2) is 0 Å². The minimum Gasteiger partial charge on any atom is -0.481 e. The number of hydrogen-bond donors (Lipinski definition) is 2. The minimum absolute atomic E-state index is 0.255. The monoisotopic (exact) mass is 310 g/mol. The van der Waals surface area contributed by atoms with Gasteiger partial charge in [-0.25, -0.2) is 4.89 Å². The third kappa shape index (κ3) is 15.0. The number of carboxylic acids is 1. The molecule has 22 heavy (non-hydrogen) atoms. The van der Waals surface area contributed by atoms with Crippen molar-refractivity contribution in [2.45, 2.75) is 70.8 Å². The van der Waals surface area contributed by atoms with Crippen molar-refractivity contribution in [2.24, 2.45) is 0 Å². The first-order chi connectivity index (χ1) is 10.7. The molecule has 0 aliphatic heterocycles. The molecule has 0 unspecified atom stereocenters. The second-order valence-corrected chi connectivity index (χ2v) is 5.27. The van der Waals surface area contributed by atoms with Crippen LogP contribution in [0.5, 0.6) is 0 Å². The van der Waals surface area contributed by atoms with Crippen molar-refractivity contribution in [3.63, 3.8) is 0 Å². The number of hydrogen-bond acceptors (Lipinski definition) is 3. The van der Waals surface area contributed by atoms with Crippen LogP contribution in [0, 0.1) is 0 Å². The fourth-order valence-electron chi connectivity index (χ4n) is 2.02. The van der Waals surface area contributed by atoms with Crippen LogP contribution >= 0.6 is 0 Å². The Morgan fingerprint density at radius 3 is 2.45 bits per heavy atom. The number of unbranched alkanes of at least 4 members (excludes halogenated alkanes) is 4. The van der Waals surface area contributed by atoms with E-state index in [0.29, 0.717) is 0 Å². The zero-order valence-corrected chi connectivity index (χ0v) is 13.6. The Bertz CT molecular complexity index is 345. The van der Waals surface area contributed by atoms with Gasteiger partial charge in [-0.2, -0.15) is 0 Å². The molecular weight excluding hydrogens is 280 g/mol. The molecule has 4 nitrogen and oxygen atoms in total. The molecule has 0 aromatic carbocycles. The van der Waals surface area contributed by atoms with E-state index in [2.05, 4.69) is 30.0 Å². The van der Waals surface area contributed by atoms with E-state index in [9.17, 15) is 4.79 Å². The third-order valence-corrected chi connectivity index (χ3v) is 3.26. The predicted molar refractivity (Wildman–Crippen MR) is 89.8 cm³/mol. The fraction of sp³-hybridized carbons (Fsp3) is 0.611.